The van der Waals surface area contributed by atoms with E-state index in [9.17, 15) is 0 Å². The number of ether oxygens (including phenoxy) is 1. The lowest BCUT2D eigenvalue weighted by molar-refractivity contribution is 0.385. The van der Waals surface area contributed by atoms with Gasteiger partial charge in [-0.05, 0) is 11.6 Å². The summed E-state index contributed by atoms with van der Waals surface area (Å²) in [5.41, 5.74) is 2.02. The van der Waals surface area contributed by atoms with E-state index in [0.29, 0.717) is 5.88 Å². The number of methoxy groups -OCH3 is 1. The zero-order valence-corrected chi connectivity index (χ0v) is 8.06. The second kappa shape index (κ2) is 3.47. The quantitative estimate of drug-likeness (QED) is 0.680. The molecule has 0 bridgehead atoms. The molecule has 0 unspecified atom stereocenters. The number of rotatable bonds is 1. The van der Waals surface area contributed by atoms with Crippen molar-refractivity contribution in [2.24, 2.45) is 0 Å². The molecule has 2 heterocycles. The first-order valence-electron chi connectivity index (χ1n) is 4.11. The second-order valence-corrected chi connectivity index (χ2v) is 3.19. The van der Waals surface area contributed by atoms with Crippen LogP contribution in [-0.2, 0) is 13.0 Å². The molecule has 0 aromatic carbocycles. The van der Waals surface area contributed by atoms with Crippen molar-refractivity contribution in [2.45, 2.75) is 13.0 Å². The van der Waals surface area contributed by atoms with Crippen molar-refractivity contribution in [1.82, 2.24) is 15.3 Å². The Hall–Kier alpha value is -0.870. The molecule has 0 amide bonds. The van der Waals surface area contributed by atoms with Gasteiger partial charge in [0.05, 0.1) is 12.8 Å². The Labute approximate surface area is 81.3 Å². The van der Waals surface area contributed by atoms with Gasteiger partial charge in [-0.15, -0.1) is 0 Å². The van der Waals surface area contributed by atoms with E-state index >= 15 is 0 Å². The molecule has 4 nitrogen and oxygen atoms in total. The molecule has 13 heavy (non-hydrogen) atoms. The number of nitrogens with zero attached hydrogens (tertiary/aromatic N) is 2. The molecule has 1 aromatic rings. The van der Waals surface area contributed by atoms with Gasteiger partial charge in [0.25, 0.3) is 0 Å². The van der Waals surface area contributed by atoms with E-state index in [-0.39, 0.29) is 5.28 Å². The first-order chi connectivity index (χ1) is 6.31. The molecule has 0 aliphatic carbocycles. The smallest absolute Gasteiger partial charge is 0.225 e. The molecule has 1 N–H and O–H groups in total. The highest BCUT2D eigenvalue weighted by molar-refractivity contribution is 6.28. The fraction of sp³-hybridized carbons (Fsp3) is 0.500. The van der Waals surface area contributed by atoms with Crippen molar-refractivity contribution < 1.29 is 4.74 Å². The van der Waals surface area contributed by atoms with Crippen LogP contribution in [0.3, 0.4) is 0 Å². The van der Waals surface area contributed by atoms with Gasteiger partial charge in [-0.2, -0.15) is 4.98 Å². The summed E-state index contributed by atoms with van der Waals surface area (Å²) in [6.07, 6.45) is 0.883. The topological polar surface area (TPSA) is 47.0 Å². The summed E-state index contributed by atoms with van der Waals surface area (Å²) >= 11 is 5.74. The normalized spacial score (nSPS) is 15.2. The molecule has 0 atom stereocenters. The van der Waals surface area contributed by atoms with E-state index < -0.39 is 0 Å². The van der Waals surface area contributed by atoms with E-state index in [2.05, 4.69) is 15.3 Å². The Morgan fingerprint density at radius 1 is 1.46 bits per heavy atom. The van der Waals surface area contributed by atoms with Gasteiger partial charge in [-0.1, -0.05) is 0 Å². The zero-order chi connectivity index (χ0) is 9.26. The van der Waals surface area contributed by atoms with E-state index in [1.165, 1.54) is 0 Å². The lowest BCUT2D eigenvalue weighted by atomic mass is 10.1. The predicted molar refractivity (Wildman–Crippen MR) is 49.0 cm³/mol. The Kier molecular flexibility index (Phi) is 2.33. The summed E-state index contributed by atoms with van der Waals surface area (Å²) in [7, 11) is 1.59. The third kappa shape index (κ3) is 1.59. The van der Waals surface area contributed by atoms with Gasteiger partial charge in [-0.25, -0.2) is 4.98 Å². The second-order valence-electron chi connectivity index (χ2n) is 2.85. The van der Waals surface area contributed by atoms with Crippen molar-refractivity contribution in [3.05, 3.63) is 16.5 Å². The molecule has 0 saturated carbocycles. The van der Waals surface area contributed by atoms with Crippen molar-refractivity contribution >= 4 is 11.6 Å². The van der Waals surface area contributed by atoms with E-state index in [1.54, 1.807) is 7.11 Å². The van der Waals surface area contributed by atoms with Gasteiger partial charge in [0.1, 0.15) is 0 Å². The molecule has 1 aliphatic rings. The monoisotopic (exact) mass is 199 g/mol. The molecule has 0 fully saturated rings. The molecule has 0 saturated heterocycles. The number of hydrogen-bond donors (Lipinski definition) is 1. The van der Waals surface area contributed by atoms with Crippen molar-refractivity contribution in [1.29, 1.82) is 0 Å². The summed E-state index contributed by atoms with van der Waals surface area (Å²) in [6.45, 7) is 1.69. The average Bonchev–Trinajstić information content (AvgIpc) is 2.16. The first-order valence-corrected chi connectivity index (χ1v) is 4.49. The summed E-state index contributed by atoms with van der Waals surface area (Å²) < 4.78 is 5.12. The largest absolute Gasteiger partial charge is 0.481 e. The summed E-state index contributed by atoms with van der Waals surface area (Å²) in [4.78, 5) is 8.15. The molecular formula is C8H10ClN3O. The van der Waals surface area contributed by atoms with Crippen LogP contribution in [0, 0.1) is 0 Å². The highest BCUT2D eigenvalue weighted by Gasteiger charge is 2.16. The molecule has 70 valence electrons. The predicted octanol–water partition coefficient (Wildman–Crippen LogP) is 0.784. The van der Waals surface area contributed by atoms with E-state index in [1.807, 2.05) is 0 Å². The minimum atomic E-state index is 0.262. The van der Waals surface area contributed by atoms with Crippen LogP contribution in [0.2, 0.25) is 5.28 Å². The highest BCUT2D eigenvalue weighted by atomic mass is 35.5. The van der Waals surface area contributed by atoms with Crippen LogP contribution in [0.4, 0.5) is 0 Å². The number of nitrogens with one attached hydrogen (secondary N) is 1. The SMILES string of the molecule is COc1nc(Cl)nc2c1CNCC2. The lowest BCUT2D eigenvalue weighted by Crippen LogP contribution is -2.25. The maximum Gasteiger partial charge on any atom is 0.225 e. The molecule has 0 spiro atoms. The van der Waals surface area contributed by atoms with Crippen LogP contribution in [0.15, 0.2) is 0 Å². The van der Waals surface area contributed by atoms with E-state index in [4.69, 9.17) is 16.3 Å². The van der Waals surface area contributed by atoms with Crippen molar-refractivity contribution in [3.63, 3.8) is 0 Å². The molecule has 2 rings (SSSR count). The Morgan fingerprint density at radius 3 is 3.08 bits per heavy atom. The zero-order valence-electron chi connectivity index (χ0n) is 7.30. The molecule has 1 aliphatic heterocycles. The highest BCUT2D eigenvalue weighted by Crippen LogP contribution is 2.22. The van der Waals surface area contributed by atoms with Crippen LogP contribution in [0.25, 0.3) is 0 Å². The van der Waals surface area contributed by atoms with Gasteiger partial charge in [0.15, 0.2) is 0 Å². The van der Waals surface area contributed by atoms with Crippen LogP contribution >= 0.6 is 11.6 Å². The van der Waals surface area contributed by atoms with Gasteiger partial charge in [-0.3, -0.25) is 0 Å². The number of aromatic nitrogens is 2. The minimum Gasteiger partial charge on any atom is -0.481 e. The van der Waals surface area contributed by atoms with Crippen LogP contribution < -0.4 is 10.1 Å². The third-order valence-electron chi connectivity index (χ3n) is 2.06. The van der Waals surface area contributed by atoms with Crippen LogP contribution in [0.5, 0.6) is 5.88 Å². The number of hydrogen-bond acceptors (Lipinski definition) is 4. The molecule has 5 heteroatoms. The molecule has 0 radical (unpaired) electrons. The third-order valence-corrected chi connectivity index (χ3v) is 2.23. The van der Waals surface area contributed by atoms with Gasteiger partial charge >= 0.3 is 0 Å². The van der Waals surface area contributed by atoms with Gasteiger partial charge in [0.2, 0.25) is 11.2 Å². The van der Waals surface area contributed by atoms with Gasteiger partial charge < -0.3 is 10.1 Å². The number of halogens is 1. The first kappa shape index (κ1) is 8.72. The summed E-state index contributed by atoms with van der Waals surface area (Å²) in [6, 6.07) is 0. The molecular weight excluding hydrogens is 190 g/mol. The standard InChI is InChI=1S/C8H10ClN3O/c1-13-7-5-4-10-3-2-6(5)11-8(9)12-7/h10H,2-4H2,1H3. The lowest BCUT2D eigenvalue weighted by Gasteiger charge is -2.17. The van der Waals surface area contributed by atoms with Crippen molar-refractivity contribution in [3.8, 4) is 5.88 Å². The molecule has 1 aromatic heterocycles. The maximum atomic E-state index is 5.74. The Morgan fingerprint density at radius 2 is 2.31 bits per heavy atom. The summed E-state index contributed by atoms with van der Waals surface area (Å²) in [5, 5.41) is 3.49. The Bertz CT molecular complexity index is 312. The number of fused-ring (bicyclic) bond motifs is 1. The van der Waals surface area contributed by atoms with Crippen LogP contribution in [0.1, 0.15) is 11.3 Å². The van der Waals surface area contributed by atoms with Crippen LogP contribution in [-0.4, -0.2) is 23.6 Å². The fourth-order valence-electron chi connectivity index (χ4n) is 1.45. The maximum absolute atomic E-state index is 5.74. The van der Waals surface area contributed by atoms with Crippen molar-refractivity contribution in [2.75, 3.05) is 13.7 Å². The minimum absolute atomic E-state index is 0.262. The Balaban J connectivity index is 2.50. The average molecular weight is 200 g/mol. The summed E-state index contributed by atoms with van der Waals surface area (Å²) in [5.74, 6) is 0.585. The fourth-order valence-corrected chi connectivity index (χ4v) is 1.63. The van der Waals surface area contributed by atoms with E-state index in [0.717, 1.165) is 30.8 Å². The van der Waals surface area contributed by atoms with Gasteiger partial charge in [0, 0.05) is 25.1 Å².